The molecule has 6 nitrogen and oxygen atoms in total. The predicted octanol–water partition coefficient (Wildman–Crippen LogP) is 2.31. The lowest BCUT2D eigenvalue weighted by molar-refractivity contribution is -0.0552. The van der Waals surface area contributed by atoms with Crippen LogP contribution in [0.3, 0.4) is 0 Å². The van der Waals surface area contributed by atoms with Crippen molar-refractivity contribution in [3.8, 4) is 11.3 Å². The zero-order valence-corrected chi connectivity index (χ0v) is 16.1. The van der Waals surface area contributed by atoms with Crippen LogP contribution in [0, 0.1) is 6.92 Å². The van der Waals surface area contributed by atoms with Gasteiger partial charge < -0.3 is 19.3 Å². The Kier molecular flexibility index (Phi) is 5.59. The molecule has 2 aliphatic rings. The Morgan fingerprint density at radius 1 is 1.11 bits per heavy atom. The van der Waals surface area contributed by atoms with Crippen LogP contribution in [-0.4, -0.2) is 71.6 Å². The zero-order chi connectivity index (χ0) is 18.7. The largest absolute Gasteiger partial charge is 0.385 e. The molecule has 6 heteroatoms. The predicted molar refractivity (Wildman–Crippen MR) is 103 cm³/mol. The van der Waals surface area contributed by atoms with Gasteiger partial charge in [0.1, 0.15) is 11.3 Å². The average molecular weight is 371 g/mol. The lowest BCUT2D eigenvalue weighted by atomic mass is 10.0. The van der Waals surface area contributed by atoms with E-state index < -0.39 is 5.60 Å². The molecule has 3 heterocycles. The van der Waals surface area contributed by atoms with E-state index in [1.807, 2.05) is 6.07 Å². The fourth-order valence-electron chi connectivity index (χ4n) is 4.05. The van der Waals surface area contributed by atoms with E-state index in [1.165, 1.54) is 18.4 Å². The fraction of sp³-hybridized carbons (Fsp3) is 0.571. The molecule has 1 aromatic heterocycles. The molecular formula is C21H29N3O3. The second kappa shape index (κ2) is 8.10. The Hall–Kier alpha value is -1.73. The summed E-state index contributed by atoms with van der Waals surface area (Å²) >= 11 is 0. The van der Waals surface area contributed by atoms with Gasteiger partial charge in [0, 0.05) is 31.3 Å². The first-order valence-corrected chi connectivity index (χ1v) is 9.87. The van der Waals surface area contributed by atoms with Crippen LogP contribution in [0.1, 0.15) is 24.2 Å². The zero-order valence-electron chi connectivity index (χ0n) is 16.1. The molecule has 2 aromatic rings. The van der Waals surface area contributed by atoms with Crippen molar-refractivity contribution in [2.45, 2.75) is 31.9 Å². The maximum Gasteiger partial charge on any atom is 0.151 e. The van der Waals surface area contributed by atoms with Gasteiger partial charge in [-0.3, -0.25) is 4.90 Å². The summed E-state index contributed by atoms with van der Waals surface area (Å²) in [6, 6.07) is 10.3. The van der Waals surface area contributed by atoms with Crippen molar-refractivity contribution < 1.29 is 14.4 Å². The Bertz CT molecular complexity index is 739. The standard InChI is InChI=1S/C21H29N3O3/c1-17-4-6-18(7-5-17)20-12-19(27-22-20)13-24-10-11-26-16-21(25,15-24)14-23-8-2-3-9-23/h4-7,12,25H,2-3,8-11,13-16H2,1H3/t21-/m1/s1. The molecule has 1 N–H and O–H groups in total. The molecule has 2 aliphatic heterocycles. The van der Waals surface area contributed by atoms with Gasteiger partial charge in [-0.25, -0.2) is 0 Å². The lowest BCUT2D eigenvalue weighted by Gasteiger charge is -2.33. The van der Waals surface area contributed by atoms with Gasteiger partial charge in [-0.15, -0.1) is 0 Å². The molecule has 146 valence electrons. The van der Waals surface area contributed by atoms with E-state index in [2.05, 4.69) is 46.1 Å². The summed E-state index contributed by atoms with van der Waals surface area (Å²) in [7, 11) is 0. The molecule has 2 saturated heterocycles. The van der Waals surface area contributed by atoms with Crippen LogP contribution in [0.4, 0.5) is 0 Å². The van der Waals surface area contributed by atoms with E-state index >= 15 is 0 Å². The Morgan fingerprint density at radius 3 is 2.67 bits per heavy atom. The molecular weight excluding hydrogens is 342 g/mol. The number of hydrogen-bond donors (Lipinski definition) is 1. The van der Waals surface area contributed by atoms with Crippen LogP contribution in [0.15, 0.2) is 34.9 Å². The van der Waals surface area contributed by atoms with E-state index in [0.29, 0.717) is 32.8 Å². The highest BCUT2D eigenvalue weighted by Crippen LogP contribution is 2.22. The maximum atomic E-state index is 11.1. The SMILES string of the molecule is Cc1ccc(-c2cc(CN3CCOC[C@@](O)(CN4CCCC4)C3)on2)cc1. The number of likely N-dealkylation sites (tertiary alicyclic amines) is 1. The van der Waals surface area contributed by atoms with Crippen LogP contribution in [0.2, 0.25) is 0 Å². The molecule has 4 rings (SSSR count). The molecule has 27 heavy (non-hydrogen) atoms. The van der Waals surface area contributed by atoms with Crippen molar-refractivity contribution in [3.05, 3.63) is 41.7 Å². The van der Waals surface area contributed by atoms with E-state index in [9.17, 15) is 5.11 Å². The van der Waals surface area contributed by atoms with Crippen LogP contribution >= 0.6 is 0 Å². The highest BCUT2D eigenvalue weighted by molar-refractivity contribution is 5.59. The van der Waals surface area contributed by atoms with Crippen LogP contribution in [-0.2, 0) is 11.3 Å². The van der Waals surface area contributed by atoms with E-state index in [-0.39, 0.29) is 0 Å². The average Bonchev–Trinajstić information content (AvgIpc) is 3.27. The second-order valence-corrected chi connectivity index (χ2v) is 8.02. The summed E-state index contributed by atoms with van der Waals surface area (Å²) in [6.45, 7) is 7.91. The molecule has 1 atom stereocenters. The Labute approximate surface area is 160 Å². The fourth-order valence-corrected chi connectivity index (χ4v) is 4.05. The molecule has 0 radical (unpaired) electrons. The van der Waals surface area contributed by atoms with Gasteiger partial charge in [0.05, 0.1) is 19.8 Å². The van der Waals surface area contributed by atoms with Crippen molar-refractivity contribution in [1.29, 1.82) is 0 Å². The Morgan fingerprint density at radius 2 is 1.89 bits per heavy atom. The van der Waals surface area contributed by atoms with Crippen molar-refractivity contribution in [2.24, 2.45) is 0 Å². The maximum absolute atomic E-state index is 11.1. The van der Waals surface area contributed by atoms with Gasteiger partial charge >= 0.3 is 0 Å². The third-order valence-corrected chi connectivity index (χ3v) is 5.44. The molecule has 0 amide bonds. The third kappa shape index (κ3) is 4.76. The lowest BCUT2D eigenvalue weighted by Crippen LogP contribution is -2.51. The number of rotatable bonds is 5. The van der Waals surface area contributed by atoms with E-state index in [4.69, 9.17) is 9.26 Å². The molecule has 2 fully saturated rings. The minimum Gasteiger partial charge on any atom is -0.385 e. The van der Waals surface area contributed by atoms with Gasteiger partial charge in [0.2, 0.25) is 0 Å². The van der Waals surface area contributed by atoms with Crippen LogP contribution in [0.5, 0.6) is 0 Å². The molecule has 0 saturated carbocycles. The number of aryl methyl sites for hydroxylation is 1. The number of hydrogen-bond acceptors (Lipinski definition) is 6. The monoisotopic (exact) mass is 371 g/mol. The topological polar surface area (TPSA) is 62.0 Å². The summed E-state index contributed by atoms with van der Waals surface area (Å²) in [5.41, 5.74) is 2.30. The normalized spacial score (nSPS) is 25.0. The van der Waals surface area contributed by atoms with Crippen LogP contribution in [0.25, 0.3) is 11.3 Å². The van der Waals surface area contributed by atoms with Gasteiger partial charge in [0.15, 0.2) is 5.76 Å². The minimum atomic E-state index is -0.833. The van der Waals surface area contributed by atoms with Gasteiger partial charge in [-0.05, 0) is 32.9 Å². The van der Waals surface area contributed by atoms with Crippen molar-refractivity contribution in [3.63, 3.8) is 0 Å². The highest BCUT2D eigenvalue weighted by Gasteiger charge is 2.35. The summed E-state index contributed by atoms with van der Waals surface area (Å²) in [4.78, 5) is 4.55. The van der Waals surface area contributed by atoms with Crippen LogP contribution < -0.4 is 0 Å². The number of aliphatic hydroxyl groups is 1. The number of β-amino-alcohol motifs (C(OH)–C–C–N with tert-alkyl or cyclic N) is 1. The molecule has 1 aromatic carbocycles. The highest BCUT2D eigenvalue weighted by atomic mass is 16.5. The number of aromatic nitrogens is 1. The summed E-state index contributed by atoms with van der Waals surface area (Å²) in [5, 5.41) is 15.3. The van der Waals surface area contributed by atoms with E-state index in [0.717, 1.165) is 36.7 Å². The molecule has 0 unspecified atom stereocenters. The first kappa shape index (κ1) is 18.6. The molecule has 0 spiro atoms. The second-order valence-electron chi connectivity index (χ2n) is 8.02. The smallest absolute Gasteiger partial charge is 0.151 e. The first-order chi connectivity index (χ1) is 13.1. The van der Waals surface area contributed by atoms with Crippen molar-refractivity contribution >= 4 is 0 Å². The first-order valence-electron chi connectivity index (χ1n) is 9.87. The third-order valence-electron chi connectivity index (χ3n) is 5.44. The molecule has 0 bridgehead atoms. The number of nitrogens with zero attached hydrogens (tertiary/aromatic N) is 3. The Balaban J connectivity index is 1.41. The van der Waals surface area contributed by atoms with Gasteiger partial charge in [-0.2, -0.15) is 0 Å². The van der Waals surface area contributed by atoms with Gasteiger partial charge in [0.25, 0.3) is 0 Å². The summed E-state index contributed by atoms with van der Waals surface area (Å²) in [5.74, 6) is 0.816. The van der Waals surface area contributed by atoms with Crippen molar-refractivity contribution in [1.82, 2.24) is 15.0 Å². The number of benzene rings is 1. The summed E-state index contributed by atoms with van der Waals surface area (Å²) < 4.78 is 11.3. The number of ether oxygens (including phenoxy) is 1. The molecule has 0 aliphatic carbocycles. The van der Waals surface area contributed by atoms with Gasteiger partial charge in [-0.1, -0.05) is 35.0 Å². The minimum absolute atomic E-state index is 0.394. The summed E-state index contributed by atoms with van der Waals surface area (Å²) in [6.07, 6.45) is 2.45. The quantitative estimate of drug-likeness (QED) is 0.870. The van der Waals surface area contributed by atoms with E-state index in [1.54, 1.807) is 0 Å². The van der Waals surface area contributed by atoms with Crippen molar-refractivity contribution in [2.75, 3.05) is 45.9 Å².